The van der Waals surface area contributed by atoms with E-state index in [2.05, 4.69) is 194 Å². The Morgan fingerprint density at radius 2 is 1.56 bits per heavy atom. The molecule has 57 heavy (non-hydrogen) atoms. The Labute approximate surface area is 347 Å². The van der Waals surface area contributed by atoms with E-state index in [4.69, 9.17) is 0 Å². The SMILES string of the molecule is C=CC(CC=CC(C)(C)C)N(C1=CCC2CCC=CC2=C1)C1=CC=C2C3=CC=C(N(C=CCC(C=C)C(C)(C)C)c4ccc5c(c4)C=CCC5)CC3C(C)(C)C2C1. The van der Waals surface area contributed by atoms with Crippen molar-refractivity contribution in [3.63, 3.8) is 0 Å². The maximum Gasteiger partial charge on any atom is 0.0550 e. The molecule has 0 aromatic heterocycles. The van der Waals surface area contributed by atoms with Gasteiger partial charge in [0.25, 0.3) is 0 Å². The Hall–Kier alpha value is -4.30. The summed E-state index contributed by atoms with van der Waals surface area (Å²) in [6, 6.07) is 7.29. The van der Waals surface area contributed by atoms with Gasteiger partial charge in [0.2, 0.25) is 0 Å². The molecule has 6 aliphatic rings. The van der Waals surface area contributed by atoms with E-state index in [0.717, 1.165) is 44.9 Å². The maximum absolute atomic E-state index is 4.43. The summed E-state index contributed by atoms with van der Waals surface area (Å²) in [4.78, 5) is 5.15. The molecule has 5 unspecified atom stereocenters. The molecule has 7 rings (SSSR count). The number of benzene rings is 1. The Bertz CT molecular complexity index is 2030. The van der Waals surface area contributed by atoms with Gasteiger partial charge in [-0.05, 0) is 156 Å². The van der Waals surface area contributed by atoms with E-state index >= 15 is 0 Å². The molecule has 0 amide bonds. The predicted molar refractivity (Wildman–Crippen MR) is 247 cm³/mol. The molecule has 0 N–H and O–H groups in total. The molecule has 1 aromatic carbocycles. The summed E-state index contributed by atoms with van der Waals surface area (Å²) in [5.74, 6) is 1.94. The first-order valence-corrected chi connectivity index (χ1v) is 22.1. The van der Waals surface area contributed by atoms with Gasteiger partial charge in [-0.25, -0.2) is 0 Å². The van der Waals surface area contributed by atoms with Crippen molar-refractivity contribution in [1.29, 1.82) is 0 Å². The van der Waals surface area contributed by atoms with Crippen LogP contribution in [0.3, 0.4) is 0 Å². The Morgan fingerprint density at radius 3 is 2.26 bits per heavy atom. The minimum atomic E-state index is 0.0862. The van der Waals surface area contributed by atoms with E-state index in [-0.39, 0.29) is 22.3 Å². The van der Waals surface area contributed by atoms with Gasteiger partial charge in [0, 0.05) is 29.0 Å². The minimum Gasteiger partial charge on any atom is -0.338 e. The van der Waals surface area contributed by atoms with Crippen LogP contribution >= 0.6 is 0 Å². The molecule has 300 valence electrons. The lowest BCUT2D eigenvalue weighted by Crippen LogP contribution is -2.36. The van der Waals surface area contributed by atoms with Crippen LogP contribution in [0, 0.1) is 39.9 Å². The molecule has 5 atom stereocenters. The monoisotopic (exact) mass is 759 g/mol. The highest BCUT2D eigenvalue weighted by atomic mass is 15.2. The van der Waals surface area contributed by atoms with Crippen molar-refractivity contribution in [1.82, 2.24) is 4.90 Å². The maximum atomic E-state index is 4.43. The smallest absolute Gasteiger partial charge is 0.0550 e. The van der Waals surface area contributed by atoms with Crippen molar-refractivity contribution >= 4 is 11.8 Å². The number of rotatable bonds is 12. The van der Waals surface area contributed by atoms with Crippen molar-refractivity contribution in [2.24, 2.45) is 39.9 Å². The van der Waals surface area contributed by atoms with Crippen molar-refractivity contribution in [3.8, 4) is 0 Å². The molecule has 2 nitrogen and oxygen atoms in total. The summed E-state index contributed by atoms with van der Waals surface area (Å²) >= 11 is 0. The number of aryl methyl sites for hydroxylation is 1. The van der Waals surface area contributed by atoms with E-state index in [1.165, 1.54) is 63.5 Å². The van der Waals surface area contributed by atoms with Crippen LogP contribution in [-0.2, 0) is 6.42 Å². The molecular weight excluding hydrogens is 689 g/mol. The second-order valence-electron chi connectivity index (χ2n) is 20.3. The molecular formula is C55H70N2. The van der Waals surface area contributed by atoms with Crippen molar-refractivity contribution in [2.75, 3.05) is 4.90 Å². The third-order valence-corrected chi connectivity index (χ3v) is 13.8. The molecule has 1 saturated carbocycles. The quantitative estimate of drug-likeness (QED) is 0.196. The number of hydrogen-bond donors (Lipinski definition) is 0. The van der Waals surface area contributed by atoms with Crippen LogP contribution in [0.1, 0.15) is 118 Å². The fourth-order valence-corrected chi connectivity index (χ4v) is 10.3. The van der Waals surface area contributed by atoms with Crippen LogP contribution < -0.4 is 4.90 Å². The zero-order chi connectivity index (χ0) is 40.5. The second-order valence-corrected chi connectivity index (χ2v) is 20.3. The first kappa shape index (κ1) is 40.9. The molecule has 0 saturated heterocycles. The van der Waals surface area contributed by atoms with Gasteiger partial charge >= 0.3 is 0 Å². The van der Waals surface area contributed by atoms with Crippen LogP contribution in [0.4, 0.5) is 5.69 Å². The third-order valence-electron chi connectivity index (χ3n) is 13.8. The lowest BCUT2D eigenvalue weighted by Gasteiger charge is -2.41. The molecule has 0 spiro atoms. The van der Waals surface area contributed by atoms with Crippen molar-refractivity contribution in [3.05, 3.63) is 168 Å². The molecule has 0 radical (unpaired) electrons. The molecule has 0 bridgehead atoms. The van der Waals surface area contributed by atoms with Crippen molar-refractivity contribution < 1.29 is 0 Å². The summed E-state index contributed by atoms with van der Waals surface area (Å²) in [6.45, 7) is 27.5. The van der Waals surface area contributed by atoms with Gasteiger partial charge in [-0.15, -0.1) is 13.2 Å². The van der Waals surface area contributed by atoms with Gasteiger partial charge in [0.1, 0.15) is 0 Å². The fourth-order valence-electron chi connectivity index (χ4n) is 10.3. The average Bonchev–Trinajstić information content (AvgIpc) is 3.41. The predicted octanol–water partition coefficient (Wildman–Crippen LogP) is 14.9. The van der Waals surface area contributed by atoms with Crippen LogP contribution in [0.25, 0.3) is 6.08 Å². The Kier molecular flexibility index (Phi) is 11.8. The molecule has 6 aliphatic carbocycles. The van der Waals surface area contributed by atoms with E-state index < -0.39 is 0 Å². The minimum absolute atomic E-state index is 0.0862. The van der Waals surface area contributed by atoms with E-state index in [0.29, 0.717) is 23.7 Å². The zero-order valence-corrected chi connectivity index (χ0v) is 36.5. The highest BCUT2D eigenvalue weighted by Crippen LogP contribution is 2.60. The summed E-state index contributed by atoms with van der Waals surface area (Å²) in [5, 5.41) is 0. The van der Waals surface area contributed by atoms with E-state index in [9.17, 15) is 0 Å². The molecule has 1 aromatic rings. The summed E-state index contributed by atoms with van der Waals surface area (Å²) in [6.07, 6.45) is 47.8. The first-order chi connectivity index (χ1) is 27.2. The van der Waals surface area contributed by atoms with Crippen LogP contribution in [0.15, 0.2) is 156 Å². The third kappa shape index (κ3) is 8.77. The fraction of sp³-hybridized carbons (Fsp3) is 0.455. The number of hydrogen-bond acceptors (Lipinski definition) is 2. The second kappa shape index (κ2) is 16.5. The van der Waals surface area contributed by atoms with Crippen LogP contribution in [0.5, 0.6) is 0 Å². The van der Waals surface area contributed by atoms with Crippen LogP contribution in [0.2, 0.25) is 0 Å². The van der Waals surface area contributed by atoms with Gasteiger partial charge in [-0.1, -0.05) is 134 Å². The van der Waals surface area contributed by atoms with E-state index in [1.807, 2.05) is 0 Å². The van der Waals surface area contributed by atoms with Crippen molar-refractivity contribution in [2.45, 2.75) is 119 Å². The van der Waals surface area contributed by atoms with Gasteiger partial charge in [-0.2, -0.15) is 0 Å². The largest absolute Gasteiger partial charge is 0.338 e. The normalized spacial score (nSPS) is 24.8. The zero-order valence-electron chi connectivity index (χ0n) is 36.5. The number of fused-ring (bicyclic) bond motifs is 5. The topological polar surface area (TPSA) is 6.48 Å². The lowest BCUT2D eigenvalue weighted by atomic mass is 9.70. The Morgan fingerprint density at radius 1 is 0.842 bits per heavy atom. The average molecular weight is 759 g/mol. The van der Waals surface area contributed by atoms with Gasteiger partial charge in [0.15, 0.2) is 0 Å². The molecule has 1 fully saturated rings. The number of anilines is 1. The highest BCUT2D eigenvalue weighted by Gasteiger charge is 2.51. The van der Waals surface area contributed by atoms with Gasteiger partial charge in [0.05, 0.1) is 6.04 Å². The Balaban J connectivity index is 1.22. The molecule has 0 aliphatic heterocycles. The van der Waals surface area contributed by atoms with Gasteiger partial charge in [-0.3, -0.25) is 0 Å². The number of allylic oxidation sites excluding steroid dienone is 17. The standard InChI is InChI=1S/C55H70N2/c1-11-43(54(6,7)8)23-18-34-56(45-27-25-39-19-13-15-21-41(39)35-45)46-29-31-49-50-32-30-48(38-52(50)55(9,10)51(49)37-46)57(44(12-2)24-17-33-53(3,4)5)47-28-26-40-20-14-16-22-42(40)36-47/h11-12,15-18,21-22,25,27-36,40,43-44,51-52H,1-2,13-14,19-20,23-24,26,37-38H2,3-10H3. The summed E-state index contributed by atoms with van der Waals surface area (Å²) in [7, 11) is 0. The molecule has 2 heteroatoms. The first-order valence-electron chi connectivity index (χ1n) is 22.1. The van der Waals surface area contributed by atoms with Crippen LogP contribution in [-0.4, -0.2) is 10.9 Å². The highest BCUT2D eigenvalue weighted by molar-refractivity contribution is 5.67. The molecule has 0 heterocycles. The van der Waals surface area contributed by atoms with Gasteiger partial charge < -0.3 is 9.80 Å². The number of nitrogens with zero attached hydrogens (tertiary/aromatic N) is 2. The summed E-state index contributed by atoms with van der Waals surface area (Å²) in [5.41, 5.74) is 13.2. The van der Waals surface area contributed by atoms with E-state index in [1.54, 1.807) is 0 Å². The summed E-state index contributed by atoms with van der Waals surface area (Å²) < 4.78 is 0. The lowest BCUT2D eigenvalue weighted by molar-refractivity contribution is 0.191.